The second-order valence-electron chi connectivity index (χ2n) is 5.28. The molecule has 1 aliphatic rings. The quantitative estimate of drug-likeness (QED) is 0.923. The maximum Gasteiger partial charge on any atom is 0.252 e. The lowest BCUT2D eigenvalue weighted by atomic mass is 10.0. The lowest BCUT2D eigenvalue weighted by molar-refractivity contribution is 0.0943. The smallest absolute Gasteiger partial charge is 0.252 e. The van der Waals surface area contributed by atoms with Crippen LogP contribution in [0, 0.1) is 5.92 Å². The molecule has 2 rings (SSSR count). The number of nitrogens with zero attached hydrogens (tertiary/aromatic N) is 1. The second kappa shape index (κ2) is 7.06. The molecular formula is C15H21BrN2O. The third kappa shape index (κ3) is 4.32. The zero-order valence-corrected chi connectivity index (χ0v) is 12.9. The minimum atomic E-state index is -0.00228. The predicted molar refractivity (Wildman–Crippen MR) is 81.3 cm³/mol. The number of hydrogen-bond acceptors (Lipinski definition) is 2. The van der Waals surface area contributed by atoms with Gasteiger partial charge >= 0.3 is 0 Å². The Hall–Kier alpha value is -0.870. The van der Waals surface area contributed by atoms with Crippen LogP contribution in [0.25, 0.3) is 0 Å². The van der Waals surface area contributed by atoms with Crippen LogP contribution in [-0.4, -0.2) is 37.0 Å². The highest BCUT2D eigenvalue weighted by atomic mass is 79.9. The van der Waals surface area contributed by atoms with E-state index in [1.54, 1.807) is 0 Å². The average Bonchev–Trinajstić information content (AvgIpc) is 2.39. The largest absolute Gasteiger partial charge is 0.351 e. The van der Waals surface area contributed by atoms with Gasteiger partial charge in [0, 0.05) is 24.1 Å². The summed E-state index contributed by atoms with van der Waals surface area (Å²) in [5, 5.41) is 2.99. The van der Waals surface area contributed by atoms with Crippen LogP contribution in [0.15, 0.2) is 28.7 Å². The van der Waals surface area contributed by atoms with Crippen molar-refractivity contribution in [2.24, 2.45) is 5.92 Å². The summed E-state index contributed by atoms with van der Waals surface area (Å²) in [5.74, 6) is 0.783. The molecule has 1 aromatic carbocycles. The molecule has 1 saturated heterocycles. The number of halogens is 1. The van der Waals surface area contributed by atoms with Gasteiger partial charge in [-0.25, -0.2) is 0 Å². The topological polar surface area (TPSA) is 32.3 Å². The predicted octanol–water partition coefficient (Wildman–Crippen LogP) is 2.91. The molecule has 0 aromatic heterocycles. The van der Waals surface area contributed by atoms with E-state index in [9.17, 15) is 4.79 Å². The van der Waals surface area contributed by atoms with Crippen molar-refractivity contribution >= 4 is 21.8 Å². The van der Waals surface area contributed by atoms with Gasteiger partial charge < -0.3 is 10.2 Å². The highest BCUT2D eigenvalue weighted by molar-refractivity contribution is 9.10. The minimum Gasteiger partial charge on any atom is -0.351 e. The molecule has 1 fully saturated rings. The van der Waals surface area contributed by atoms with Crippen LogP contribution in [0.1, 0.15) is 30.1 Å². The van der Waals surface area contributed by atoms with Crippen molar-refractivity contribution in [3.8, 4) is 0 Å². The third-order valence-electron chi connectivity index (χ3n) is 3.57. The van der Waals surface area contributed by atoms with Crippen molar-refractivity contribution < 1.29 is 4.79 Å². The summed E-state index contributed by atoms with van der Waals surface area (Å²) in [6.45, 7) is 6.28. The van der Waals surface area contributed by atoms with E-state index in [1.807, 2.05) is 24.3 Å². The van der Waals surface area contributed by atoms with Gasteiger partial charge in [-0.15, -0.1) is 0 Å². The Balaban J connectivity index is 1.76. The molecule has 1 N–H and O–H groups in total. The number of benzene rings is 1. The second-order valence-corrected chi connectivity index (χ2v) is 6.14. The monoisotopic (exact) mass is 324 g/mol. The van der Waals surface area contributed by atoms with Crippen molar-refractivity contribution in [3.05, 3.63) is 34.3 Å². The first-order chi connectivity index (χ1) is 9.16. The van der Waals surface area contributed by atoms with E-state index in [1.165, 1.54) is 12.8 Å². The Kier molecular flexibility index (Phi) is 5.40. The summed E-state index contributed by atoms with van der Waals surface area (Å²) in [4.78, 5) is 14.5. The van der Waals surface area contributed by atoms with Gasteiger partial charge in [-0.05, 0) is 53.4 Å². The Bertz CT molecular complexity index is 436. The number of amides is 1. The number of rotatable bonds is 4. The molecule has 1 aliphatic heterocycles. The maximum absolute atomic E-state index is 12.0. The summed E-state index contributed by atoms with van der Waals surface area (Å²) < 4.78 is 0.846. The lowest BCUT2D eigenvalue weighted by Crippen LogP contribution is -2.40. The van der Waals surface area contributed by atoms with Crippen LogP contribution in [0.4, 0.5) is 0 Å². The zero-order chi connectivity index (χ0) is 13.7. The van der Waals surface area contributed by atoms with Gasteiger partial charge in [-0.1, -0.05) is 19.1 Å². The van der Waals surface area contributed by atoms with E-state index >= 15 is 0 Å². The molecule has 0 saturated carbocycles. The highest BCUT2D eigenvalue weighted by Gasteiger charge is 2.16. The third-order valence-corrected chi connectivity index (χ3v) is 4.26. The van der Waals surface area contributed by atoms with E-state index in [0.29, 0.717) is 12.1 Å². The van der Waals surface area contributed by atoms with Crippen molar-refractivity contribution in [1.29, 1.82) is 0 Å². The summed E-state index contributed by atoms with van der Waals surface area (Å²) in [7, 11) is 0. The molecule has 4 heteroatoms. The fourth-order valence-electron chi connectivity index (χ4n) is 2.56. The first-order valence-electron chi connectivity index (χ1n) is 6.92. The molecule has 104 valence electrons. The van der Waals surface area contributed by atoms with Crippen molar-refractivity contribution in [3.63, 3.8) is 0 Å². The maximum atomic E-state index is 12.0. The molecule has 1 heterocycles. The molecule has 0 aliphatic carbocycles. The summed E-state index contributed by atoms with van der Waals surface area (Å²) in [6, 6.07) is 7.52. The summed E-state index contributed by atoms with van der Waals surface area (Å²) in [6.07, 6.45) is 2.61. The summed E-state index contributed by atoms with van der Waals surface area (Å²) >= 11 is 3.40. The van der Waals surface area contributed by atoms with Gasteiger partial charge in [0.25, 0.3) is 5.91 Å². The van der Waals surface area contributed by atoms with Gasteiger partial charge in [-0.3, -0.25) is 4.79 Å². The van der Waals surface area contributed by atoms with E-state index < -0.39 is 0 Å². The number of carbonyl (C=O) groups is 1. The standard InChI is InChI=1S/C15H21BrN2O/c1-12-5-4-9-18(11-12)10-8-17-15(19)13-6-2-3-7-14(13)16/h2-3,6-7,12H,4-5,8-11H2,1H3,(H,17,19). The molecule has 3 nitrogen and oxygen atoms in total. The van der Waals surface area contributed by atoms with Crippen LogP contribution >= 0.6 is 15.9 Å². The first-order valence-corrected chi connectivity index (χ1v) is 7.71. The average molecular weight is 325 g/mol. The first kappa shape index (κ1) is 14.5. The lowest BCUT2D eigenvalue weighted by Gasteiger charge is -2.30. The number of nitrogens with one attached hydrogen (secondary N) is 1. The van der Waals surface area contributed by atoms with Crippen molar-refractivity contribution in [2.75, 3.05) is 26.2 Å². The molecule has 1 atom stereocenters. The van der Waals surface area contributed by atoms with E-state index in [4.69, 9.17) is 0 Å². The minimum absolute atomic E-state index is 0.00228. The Labute approximate surface area is 123 Å². The molecule has 1 amide bonds. The van der Waals surface area contributed by atoms with Gasteiger partial charge in [-0.2, -0.15) is 0 Å². The molecule has 0 radical (unpaired) electrons. The molecule has 1 aromatic rings. The fourth-order valence-corrected chi connectivity index (χ4v) is 3.02. The van der Waals surface area contributed by atoms with Gasteiger partial charge in [0.15, 0.2) is 0 Å². The normalized spacial score (nSPS) is 20.2. The Morgan fingerprint density at radius 2 is 2.26 bits per heavy atom. The SMILES string of the molecule is CC1CCCN(CCNC(=O)c2ccccc2Br)C1. The molecule has 19 heavy (non-hydrogen) atoms. The van der Waals surface area contributed by atoms with Gasteiger partial charge in [0.2, 0.25) is 0 Å². The number of likely N-dealkylation sites (tertiary alicyclic amines) is 1. The van der Waals surface area contributed by atoms with Crippen molar-refractivity contribution in [1.82, 2.24) is 10.2 Å². The number of hydrogen-bond donors (Lipinski definition) is 1. The molecule has 1 unspecified atom stereocenters. The van der Waals surface area contributed by atoms with Crippen LogP contribution in [-0.2, 0) is 0 Å². The Morgan fingerprint density at radius 1 is 1.47 bits per heavy atom. The number of carbonyl (C=O) groups excluding carboxylic acids is 1. The van der Waals surface area contributed by atoms with Crippen LogP contribution in [0.3, 0.4) is 0 Å². The fraction of sp³-hybridized carbons (Fsp3) is 0.533. The van der Waals surface area contributed by atoms with E-state index in [-0.39, 0.29) is 5.91 Å². The molecular weight excluding hydrogens is 304 g/mol. The molecule has 0 spiro atoms. The zero-order valence-electron chi connectivity index (χ0n) is 11.4. The number of piperidine rings is 1. The van der Waals surface area contributed by atoms with Gasteiger partial charge in [0.1, 0.15) is 0 Å². The van der Waals surface area contributed by atoms with Crippen LogP contribution in [0.2, 0.25) is 0 Å². The van der Waals surface area contributed by atoms with Gasteiger partial charge in [0.05, 0.1) is 5.56 Å². The molecule has 0 bridgehead atoms. The van der Waals surface area contributed by atoms with E-state index in [0.717, 1.165) is 30.0 Å². The van der Waals surface area contributed by atoms with Crippen LogP contribution < -0.4 is 5.32 Å². The highest BCUT2D eigenvalue weighted by Crippen LogP contribution is 2.16. The van der Waals surface area contributed by atoms with Crippen molar-refractivity contribution in [2.45, 2.75) is 19.8 Å². The van der Waals surface area contributed by atoms with E-state index in [2.05, 4.69) is 33.1 Å². The summed E-state index contributed by atoms with van der Waals surface area (Å²) in [5.41, 5.74) is 0.703. The van der Waals surface area contributed by atoms with Crippen LogP contribution in [0.5, 0.6) is 0 Å². The Morgan fingerprint density at radius 3 is 3.00 bits per heavy atom.